The van der Waals surface area contributed by atoms with Gasteiger partial charge in [0.25, 0.3) is 11.5 Å². The highest BCUT2D eigenvalue weighted by atomic mass is 35.5. The molecule has 156 valence electrons. The number of halogens is 3. The van der Waals surface area contributed by atoms with Crippen molar-refractivity contribution in [3.63, 3.8) is 0 Å². The molecule has 4 rings (SSSR count). The predicted octanol–water partition coefficient (Wildman–Crippen LogP) is 3.68. The van der Waals surface area contributed by atoms with Gasteiger partial charge < -0.3 is 14.6 Å². The van der Waals surface area contributed by atoms with Crippen molar-refractivity contribution >= 4 is 28.4 Å². The number of nitrogens with one attached hydrogen (secondary N) is 1. The molecule has 0 radical (unpaired) electrons. The Kier molecular flexibility index (Phi) is 5.78. The van der Waals surface area contributed by atoms with Crippen LogP contribution in [0.25, 0.3) is 10.9 Å². The van der Waals surface area contributed by atoms with Crippen LogP contribution in [0.5, 0.6) is 0 Å². The van der Waals surface area contributed by atoms with Gasteiger partial charge in [-0.15, -0.1) is 0 Å². The zero-order valence-electron chi connectivity index (χ0n) is 15.8. The lowest BCUT2D eigenvalue weighted by Crippen LogP contribution is -2.38. The minimum Gasteiger partial charge on any atom is -0.376 e. The van der Waals surface area contributed by atoms with E-state index in [4.69, 9.17) is 16.3 Å². The molecule has 1 amide bonds. The summed E-state index contributed by atoms with van der Waals surface area (Å²) < 4.78 is 32.8. The number of carbonyl (C=O) groups is 1. The van der Waals surface area contributed by atoms with E-state index in [-0.39, 0.29) is 41.2 Å². The zero-order valence-corrected chi connectivity index (χ0v) is 16.6. The van der Waals surface area contributed by atoms with E-state index in [1.807, 2.05) is 0 Å². The van der Waals surface area contributed by atoms with Crippen molar-refractivity contribution < 1.29 is 18.3 Å². The largest absolute Gasteiger partial charge is 0.376 e. The lowest BCUT2D eigenvalue weighted by molar-refractivity contribution is 0.0501. The number of rotatable bonds is 5. The van der Waals surface area contributed by atoms with Gasteiger partial charge in [-0.25, -0.2) is 13.8 Å². The standard InChI is InChI=1S/C21H18ClF2N3O3/c22-15-9-17(24)16(23)8-14(15)21(29)27(10-12-4-3-7-30-12)11-19-25-18-6-2-1-5-13(18)20(28)26-19/h1-2,5-6,8-9,12H,3-4,7,10-11H2,(H,25,26,28)/t12-/m0/s1. The number of aromatic amines is 1. The number of aromatic nitrogens is 2. The molecular weight excluding hydrogens is 416 g/mol. The number of nitrogens with zero attached hydrogens (tertiary/aromatic N) is 2. The summed E-state index contributed by atoms with van der Waals surface area (Å²) >= 11 is 6.00. The number of para-hydroxylation sites is 1. The molecule has 0 saturated carbocycles. The third-order valence-electron chi connectivity index (χ3n) is 4.98. The normalized spacial score (nSPS) is 16.2. The summed E-state index contributed by atoms with van der Waals surface area (Å²) in [5.74, 6) is -2.64. The van der Waals surface area contributed by atoms with Gasteiger partial charge >= 0.3 is 0 Å². The first kappa shape index (κ1) is 20.4. The summed E-state index contributed by atoms with van der Waals surface area (Å²) in [7, 11) is 0. The Labute approximate surface area is 175 Å². The number of hydrogen-bond acceptors (Lipinski definition) is 4. The van der Waals surface area contributed by atoms with Gasteiger partial charge in [-0.2, -0.15) is 0 Å². The molecule has 1 N–H and O–H groups in total. The van der Waals surface area contributed by atoms with Crippen molar-refractivity contribution in [3.05, 3.63) is 74.8 Å². The van der Waals surface area contributed by atoms with Crippen LogP contribution in [0, 0.1) is 11.6 Å². The minimum absolute atomic E-state index is 0.0475. The van der Waals surface area contributed by atoms with E-state index in [1.165, 1.54) is 4.90 Å². The van der Waals surface area contributed by atoms with E-state index in [0.717, 1.165) is 25.0 Å². The summed E-state index contributed by atoms with van der Waals surface area (Å²) in [5, 5.41) is 0.234. The van der Waals surface area contributed by atoms with E-state index < -0.39 is 17.5 Å². The highest BCUT2D eigenvalue weighted by Crippen LogP contribution is 2.23. The van der Waals surface area contributed by atoms with Crippen LogP contribution in [0.15, 0.2) is 41.2 Å². The third-order valence-corrected chi connectivity index (χ3v) is 5.29. The molecule has 1 aliphatic heterocycles. The summed E-state index contributed by atoms with van der Waals surface area (Å²) in [6, 6.07) is 8.39. The van der Waals surface area contributed by atoms with Crippen molar-refractivity contribution in [1.29, 1.82) is 0 Å². The number of hydrogen-bond donors (Lipinski definition) is 1. The lowest BCUT2D eigenvalue weighted by Gasteiger charge is -2.25. The molecule has 0 aliphatic carbocycles. The number of benzene rings is 2. The summed E-state index contributed by atoms with van der Waals surface area (Å²) in [6.07, 6.45) is 1.42. The smallest absolute Gasteiger partial charge is 0.258 e. The molecule has 1 fully saturated rings. The summed E-state index contributed by atoms with van der Waals surface area (Å²) in [5.41, 5.74) is -0.00528. The average Bonchev–Trinajstić information content (AvgIpc) is 3.23. The van der Waals surface area contributed by atoms with Crippen molar-refractivity contribution in [2.75, 3.05) is 13.2 Å². The van der Waals surface area contributed by atoms with Crippen LogP contribution < -0.4 is 5.56 Å². The molecule has 9 heteroatoms. The molecule has 30 heavy (non-hydrogen) atoms. The molecule has 1 saturated heterocycles. The van der Waals surface area contributed by atoms with Crippen LogP contribution >= 0.6 is 11.6 Å². The van der Waals surface area contributed by atoms with Crippen LogP contribution in [-0.4, -0.2) is 40.0 Å². The molecule has 2 heterocycles. The van der Waals surface area contributed by atoms with E-state index in [0.29, 0.717) is 17.5 Å². The highest BCUT2D eigenvalue weighted by molar-refractivity contribution is 6.33. The number of carbonyl (C=O) groups excluding carboxylic acids is 1. The van der Waals surface area contributed by atoms with Crippen LogP contribution in [0.2, 0.25) is 5.02 Å². The predicted molar refractivity (Wildman–Crippen MR) is 107 cm³/mol. The van der Waals surface area contributed by atoms with Crippen molar-refractivity contribution in [2.24, 2.45) is 0 Å². The van der Waals surface area contributed by atoms with Crippen LogP contribution in [-0.2, 0) is 11.3 Å². The first-order chi connectivity index (χ1) is 14.4. The second kappa shape index (κ2) is 8.49. The molecule has 0 spiro atoms. The first-order valence-corrected chi connectivity index (χ1v) is 9.83. The minimum atomic E-state index is -1.17. The summed E-state index contributed by atoms with van der Waals surface area (Å²) in [4.78, 5) is 34.0. The van der Waals surface area contributed by atoms with Crippen LogP contribution in [0.1, 0.15) is 29.0 Å². The van der Waals surface area contributed by atoms with Gasteiger partial charge in [0.05, 0.1) is 34.1 Å². The van der Waals surface area contributed by atoms with Crippen LogP contribution in [0.3, 0.4) is 0 Å². The Bertz CT molecular complexity index is 1160. The Balaban J connectivity index is 1.69. The van der Waals surface area contributed by atoms with E-state index >= 15 is 0 Å². The Hall–Kier alpha value is -2.84. The molecule has 1 atom stereocenters. The molecule has 2 aromatic carbocycles. The second-order valence-corrected chi connectivity index (χ2v) is 7.50. The molecule has 1 aromatic heterocycles. The Morgan fingerprint density at radius 3 is 2.80 bits per heavy atom. The fourth-order valence-corrected chi connectivity index (χ4v) is 3.73. The molecule has 1 aliphatic rings. The van der Waals surface area contributed by atoms with E-state index in [1.54, 1.807) is 24.3 Å². The summed E-state index contributed by atoms with van der Waals surface area (Å²) in [6.45, 7) is 0.739. The van der Waals surface area contributed by atoms with Crippen molar-refractivity contribution in [2.45, 2.75) is 25.5 Å². The average molecular weight is 434 g/mol. The third kappa shape index (κ3) is 4.20. The van der Waals surface area contributed by atoms with E-state index in [9.17, 15) is 18.4 Å². The molecular formula is C21H18ClF2N3O3. The quantitative estimate of drug-likeness (QED) is 0.623. The van der Waals surface area contributed by atoms with Gasteiger partial charge in [0.15, 0.2) is 11.6 Å². The van der Waals surface area contributed by atoms with Gasteiger partial charge in [-0.05, 0) is 37.1 Å². The van der Waals surface area contributed by atoms with Gasteiger partial charge in [0.1, 0.15) is 5.82 Å². The topological polar surface area (TPSA) is 75.3 Å². The SMILES string of the molecule is O=C(c1cc(F)c(F)cc1Cl)N(Cc1nc2ccccc2c(=O)[nH]1)C[C@@H]1CCCO1. The molecule has 0 bridgehead atoms. The van der Waals surface area contributed by atoms with Gasteiger partial charge in [-0.3, -0.25) is 9.59 Å². The van der Waals surface area contributed by atoms with E-state index in [2.05, 4.69) is 9.97 Å². The molecule has 6 nitrogen and oxygen atoms in total. The number of ether oxygens (including phenoxy) is 1. The van der Waals surface area contributed by atoms with Gasteiger partial charge in [0.2, 0.25) is 0 Å². The number of H-pyrrole nitrogens is 1. The monoisotopic (exact) mass is 433 g/mol. The first-order valence-electron chi connectivity index (χ1n) is 9.45. The van der Waals surface area contributed by atoms with Gasteiger partial charge in [-0.1, -0.05) is 23.7 Å². The molecule has 3 aromatic rings. The number of amides is 1. The van der Waals surface area contributed by atoms with Crippen molar-refractivity contribution in [1.82, 2.24) is 14.9 Å². The maximum absolute atomic E-state index is 13.8. The maximum atomic E-state index is 13.8. The van der Waals surface area contributed by atoms with Crippen molar-refractivity contribution in [3.8, 4) is 0 Å². The molecule has 0 unspecified atom stereocenters. The zero-order chi connectivity index (χ0) is 21.3. The lowest BCUT2D eigenvalue weighted by atomic mass is 10.1. The number of fused-ring (bicyclic) bond motifs is 1. The van der Waals surface area contributed by atoms with Gasteiger partial charge in [0, 0.05) is 13.2 Å². The maximum Gasteiger partial charge on any atom is 0.258 e. The fourth-order valence-electron chi connectivity index (χ4n) is 3.50. The highest BCUT2D eigenvalue weighted by Gasteiger charge is 2.26. The van der Waals surface area contributed by atoms with Crippen LogP contribution in [0.4, 0.5) is 8.78 Å². The Morgan fingerprint density at radius 1 is 1.27 bits per heavy atom. The second-order valence-electron chi connectivity index (χ2n) is 7.10. The fraction of sp³-hybridized carbons (Fsp3) is 0.286. The Morgan fingerprint density at radius 2 is 2.03 bits per heavy atom.